The molecule has 4 heterocycles. The lowest BCUT2D eigenvalue weighted by molar-refractivity contribution is -0.192. The van der Waals surface area contributed by atoms with Gasteiger partial charge in [0.05, 0.1) is 18.3 Å². The Morgan fingerprint density at radius 3 is 2.69 bits per heavy atom. The number of nitrogens with zero attached hydrogens (tertiary/aromatic N) is 2. The zero-order valence-corrected chi connectivity index (χ0v) is 17.2. The number of hydrogen-bond donors (Lipinski definition) is 2. The number of furan rings is 1. The van der Waals surface area contributed by atoms with Crippen LogP contribution in [0.4, 0.5) is 19.0 Å². The molecule has 0 aromatic carbocycles. The van der Waals surface area contributed by atoms with Crippen molar-refractivity contribution in [2.24, 2.45) is 0 Å². The van der Waals surface area contributed by atoms with Crippen LogP contribution in [0.2, 0.25) is 0 Å². The van der Waals surface area contributed by atoms with Crippen LogP contribution in [0.1, 0.15) is 25.0 Å². The minimum Gasteiger partial charge on any atom is -0.475 e. The molecule has 0 bridgehead atoms. The van der Waals surface area contributed by atoms with E-state index >= 15 is 0 Å². The summed E-state index contributed by atoms with van der Waals surface area (Å²) in [5.41, 5.74) is -0.233. The third-order valence-electron chi connectivity index (χ3n) is 5.33. The van der Waals surface area contributed by atoms with Gasteiger partial charge >= 0.3 is 12.1 Å². The van der Waals surface area contributed by atoms with Crippen LogP contribution in [-0.2, 0) is 20.7 Å². The van der Waals surface area contributed by atoms with E-state index in [1.54, 1.807) is 12.5 Å². The van der Waals surface area contributed by atoms with E-state index in [0.29, 0.717) is 31.4 Å². The molecule has 174 valence electrons. The number of amides is 1. The van der Waals surface area contributed by atoms with E-state index in [0.717, 1.165) is 31.6 Å². The molecule has 4 rings (SSSR count). The van der Waals surface area contributed by atoms with Crippen LogP contribution in [0, 0.1) is 0 Å². The minimum atomic E-state index is -5.08. The van der Waals surface area contributed by atoms with Gasteiger partial charge in [0.1, 0.15) is 11.6 Å². The van der Waals surface area contributed by atoms with Gasteiger partial charge in [0.2, 0.25) is 5.91 Å². The summed E-state index contributed by atoms with van der Waals surface area (Å²) < 4.78 is 43.2. The number of anilines is 1. The second-order valence-electron chi connectivity index (χ2n) is 7.70. The van der Waals surface area contributed by atoms with Crippen LogP contribution in [-0.4, -0.2) is 64.4 Å². The molecule has 0 unspecified atom stereocenters. The smallest absolute Gasteiger partial charge is 0.475 e. The Balaban J connectivity index is 0.000000360. The Hall–Kier alpha value is -3.08. The lowest BCUT2D eigenvalue weighted by Crippen LogP contribution is -2.47. The minimum absolute atomic E-state index is 0.107. The van der Waals surface area contributed by atoms with E-state index in [4.69, 9.17) is 19.1 Å². The lowest BCUT2D eigenvalue weighted by atomic mass is 9.89. The van der Waals surface area contributed by atoms with E-state index in [1.807, 2.05) is 35.2 Å². The number of carboxylic acids is 1. The van der Waals surface area contributed by atoms with Crippen LogP contribution < -0.4 is 5.32 Å². The Bertz CT molecular complexity index is 892. The number of aliphatic carboxylic acids is 1. The van der Waals surface area contributed by atoms with Gasteiger partial charge in [-0.1, -0.05) is 6.07 Å². The molecule has 2 fully saturated rings. The molecule has 2 atom stereocenters. The molecule has 0 saturated carbocycles. The number of halogens is 3. The first-order valence-electron chi connectivity index (χ1n) is 10.1. The first kappa shape index (κ1) is 23.6. The van der Waals surface area contributed by atoms with Gasteiger partial charge < -0.3 is 24.5 Å². The van der Waals surface area contributed by atoms with Crippen molar-refractivity contribution >= 4 is 17.7 Å². The van der Waals surface area contributed by atoms with Crippen molar-refractivity contribution in [2.75, 3.05) is 25.0 Å². The Morgan fingerprint density at radius 2 is 2.06 bits per heavy atom. The fraction of sp³-hybridized carbons (Fsp3) is 0.476. The Labute approximate surface area is 182 Å². The molecular weight excluding hydrogens is 431 g/mol. The second-order valence-corrected chi connectivity index (χ2v) is 7.70. The molecule has 2 aromatic heterocycles. The summed E-state index contributed by atoms with van der Waals surface area (Å²) in [5.74, 6) is -1.04. The van der Waals surface area contributed by atoms with Crippen molar-refractivity contribution in [3.8, 4) is 0 Å². The van der Waals surface area contributed by atoms with Gasteiger partial charge in [-0.05, 0) is 43.5 Å². The highest BCUT2D eigenvalue weighted by molar-refractivity contribution is 5.78. The number of hydrogen-bond acceptors (Lipinski definition) is 6. The van der Waals surface area contributed by atoms with E-state index in [1.165, 1.54) is 0 Å². The summed E-state index contributed by atoms with van der Waals surface area (Å²) in [5, 5.41) is 10.6. The number of ether oxygens (including phenoxy) is 1. The third kappa shape index (κ3) is 6.46. The van der Waals surface area contributed by atoms with Gasteiger partial charge in [-0.25, -0.2) is 9.78 Å². The van der Waals surface area contributed by atoms with Crippen molar-refractivity contribution in [3.05, 3.63) is 48.6 Å². The molecule has 2 aliphatic heterocycles. The normalized spacial score (nSPS) is 22.8. The van der Waals surface area contributed by atoms with Crippen molar-refractivity contribution in [1.29, 1.82) is 0 Å². The van der Waals surface area contributed by atoms with Crippen LogP contribution in [0.3, 0.4) is 0 Å². The van der Waals surface area contributed by atoms with Gasteiger partial charge in [-0.3, -0.25) is 4.79 Å². The van der Waals surface area contributed by atoms with Crippen molar-refractivity contribution in [1.82, 2.24) is 9.88 Å². The first-order valence-corrected chi connectivity index (χ1v) is 10.1. The number of rotatable bonds is 4. The standard InChI is InChI=1S/C19H23N3O3.C2HF3O2/c23-18(12-16-4-3-10-24-16)22-9-7-19(14-22)13-15(6-11-25-19)21-17-5-1-2-8-20-17;3-2(4,5)1(6)7/h1-5,8,10,15H,6-7,9,11-14H2,(H,20,21);(H,6,7)/t15-,19-;/m1./s1. The molecule has 0 aliphatic carbocycles. The van der Waals surface area contributed by atoms with Crippen LogP contribution in [0.15, 0.2) is 47.2 Å². The third-order valence-corrected chi connectivity index (χ3v) is 5.33. The molecule has 2 aliphatic rings. The number of carbonyl (C=O) groups excluding carboxylic acids is 1. The van der Waals surface area contributed by atoms with E-state index in [9.17, 15) is 18.0 Å². The summed E-state index contributed by atoms with van der Waals surface area (Å²) in [6, 6.07) is 9.85. The number of pyridine rings is 1. The SMILES string of the molecule is O=C(Cc1ccco1)N1CC[C@@]2(C[C@H](Nc3ccccn3)CCO2)C1.O=C(O)C(F)(F)F. The largest absolute Gasteiger partial charge is 0.490 e. The maximum Gasteiger partial charge on any atom is 0.490 e. The highest BCUT2D eigenvalue weighted by Gasteiger charge is 2.44. The first-order chi connectivity index (χ1) is 15.2. The zero-order chi connectivity index (χ0) is 23.2. The summed E-state index contributed by atoms with van der Waals surface area (Å²) in [4.78, 5) is 27.6. The number of carboxylic acid groups (broad SMARTS) is 1. The molecule has 0 radical (unpaired) electrons. The summed E-state index contributed by atoms with van der Waals surface area (Å²) in [6.45, 7) is 2.12. The number of alkyl halides is 3. The molecule has 1 amide bonds. The molecular formula is C21H24F3N3O5. The molecule has 2 saturated heterocycles. The number of aromatic nitrogens is 1. The summed E-state index contributed by atoms with van der Waals surface area (Å²) >= 11 is 0. The molecule has 32 heavy (non-hydrogen) atoms. The molecule has 2 N–H and O–H groups in total. The van der Waals surface area contributed by atoms with Gasteiger partial charge in [-0.2, -0.15) is 13.2 Å². The topological polar surface area (TPSA) is 105 Å². The summed E-state index contributed by atoms with van der Waals surface area (Å²) in [7, 11) is 0. The van der Waals surface area contributed by atoms with Gasteiger partial charge in [-0.15, -0.1) is 0 Å². The van der Waals surface area contributed by atoms with E-state index < -0.39 is 12.1 Å². The molecule has 1 spiro atoms. The monoisotopic (exact) mass is 455 g/mol. The predicted octanol–water partition coefficient (Wildman–Crippen LogP) is 3.11. The van der Waals surface area contributed by atoms with E-state index in [2.05, 4.69) is 10.3 Å². The van der Waals surface area contributed by atoms with Crippen molar-refractivity contribution in [3.63, 3.8) is 0 Å². The predicted molar refractivity (Wildman–Crippen MR) is 107 cm³/mol. The molecule has 11 heteroatoms. The second kappa shape index (κ2) is 10.0. The van der Waals surface area contributed by atoms with Gasteiger partial charge in [0, 0.05) is 31.9 Å². The van der Waals surface area contributed by atoms with Crippen LogP contribution in [0.25, 0.3) is 0 Å². The quantitative estimate of drug-likeness (QED) is 0.730. The maximum atomic E-state index is 12.5. The van der Waals surface area contributed by atoms with E-state index in [-0.39, 0.29) is 11.5 Å². The zero-order valence-electron chi connectivity index (χ0n) is 17.2. The number of nitrogens with one attached hydrogen (secondary N) is 1. The maximum absolute atomic E-state index is 12.5. The van der Waals surface area contributed by atoms with Crippen molar-refractivity contribution in [2.45, 2.75) is 43.5 Å². The fourth-order valence-corrected chi connectivity index (χ4v) is 3.82. The molecule has 8 nitrogen and oxygen atoms in total. The fourth-order valence-electron chi connectivity index (χ4n) is 3.82. The average molecular weight is 455 g/mol. The Morgan fingerprint density at radius 1 is 1.28 bits per heavy atom. The van der Waals surface area contributed by atoms with Crippen molar-refractivity contribution < 1.29 is 37.0 Å². The van der Waals surface area contributed by atoms with Gasteiger partial charge in [0.25, 0.3) is 0 Å². The number of carbonyl (C=O) groups is 2. The Kier molecular flexibility index (Phi) is 7.39. The number of likely N-dealkylation sites (tertiary alicyclic amines) is 1. The highest BCUT2D eigenvalue weighted by Crippen LogP contribution is 2.35. The average Bonchev–Trinajstić information content (AvgIpc) is 3.39. The van der Waals surface area contributed by atoms with Crippen LogP contribution in [0.5, 0.6) is 0 Å². The molecule has 2 aromatic rings. The van der Waals surface area contributed by atoms with Crippen LogP contribution >= 0.6 is 0 Å². The van der Waals surface area contributed by atoms with Gasteiger partial charge in [0.15, 0.2) is 0 Å². The highest BCUT2D eigenvalue weighted by atomic mass is 19.4. The lowest BCUT2D eigenvalue weighted by Gasteiger charge is -2.38. The summed E-state index contributed by atoms with van der Waals surface area (Å²) in [6.07, 6.45) is 1.37.